The summed E-state index contributed by atoms with van der Waals surface area (Å²) in [6, 6.07) is 5.75. The average molecular weight is 250 g/mol. The Kier molecular flexibility index (Phi) is 5.17. The molecule has 0 heterocycles. The number of carboxylic acid groups (broad SMARTS) is 1. The second-order valence-corrected chi connectivity index (χ2v) is 4.23. The summed E-state index contributed by atoms with van der Waals surface area (Å²) < 4.78 is 0. The van der Waals surface area contributed by atoms with Gasteiger partial charge in [0, 0.05) is 12.2 Å². The second-order valence-electron chi connectivity index (χ2n) is 4.23. The van der Waals surface area contributed by atoms with Gasteiger partial charge in [0.15, 0.2) is 0 Å². The van der Waals surface area contributed by atoms with Crippen LogP contribution in [0.4, 0.5) is 10.5 Å². The number of anilines is 1. The highest BCUT2D eigenvalue weighted by atomic mass is 16.4. The van der Waals surface area contributed by atoms with Crippen LogP contribution in [0.25, 0.3) is 0 Å². The van der Waals surface area contributed by atoms with Gasteiger partial charge in [-0.2, -0.15) is 0 Å². The first-order valence-corrected chi connectivity index (χ1v) is 5.91. The van der Waals surface area contributed by atoms with Gasteiger partial charge in [-0.15, -0.1) is 0 Å². The van der Waals surface area contributed by atoms with E-state index in [2.05, 4.69) is 24.5 Å². The lowest BCUT2D eigenvalue weighted by molar-refractivity contribution is 0.0697. The number of urea groups is 1. The summed E-state index contributed by atoms with van der Waals surface area (Å²) in [5, 5.41) is 14.1. The fraction of sp³-hybridized carbons (Fsp3) is 0.385. The van der Waals surface area contributed by atoms with Crippen molar-refractivity contribution in [2.75, 3.05) is 11.9 Å². The summed E-state index contributed by atoms with van der Waals surface area (Å²) in [4.78, 5) is 22.2. The van der Waals surface area contributed by atoms with E-state index in [1.807, 2.05) is 0 Å². The van der Waals surface area contributed by atoms with Crippen LogP contribution >= 0.6 is 0 Å². The van der Waals surface area contributed by atoms with Crippen LogP contribution < -0.4 is 10.6 Å². The van der Waals surface area contributed by atoms with Crippen molar-refractivity contribution in [3.8, 4) is 0 Å². The van der Waals surface area contributed by atoms with E-state index >= 15 is 0 Å². The molecule has 0 bridgehead atoms. The van der Waals surface area contributed by atoms with E-state index in [9.17, 15) is 9.59 Å². The Hall–Kier alpha value is -2.04. The zero-order valence-corrected chi connectivity index (χ0v) is 10.6. The van der Waals surface area contributed by atoms with Crippen molar-refractivity contribution >= 4 is 17.7 Å². The summed E-state index contributed by atoms with van der Waals surface area (Å²) in [6.07, 6.45) is 1.01. The van der Waals surface area contributed by atoms with Crippen molar-refractivity contribution < 1.29 is 14.7 Å². The Morgan fingerprint density at radius 1 is 1.28 bits per heavy atom. The molecule has 0 saturated heterocycles. The molecule has 1 unspecified atom stereocenters. The molecule has 0 fully saturated rings. The molecular weight excluding hydrogens is 232 g/mol. The van der Waals surface area contributed by atoms with Gasteiger partial charge in [-0.25, -0.2) is 9.59 Å². The van der Waals surface area contributed by atoms with Crippen LogP contribution in [0, 0.1) is 5.92 Å². The molecule has 0 saturated carbocycles. The van der Waals surface area contributed by atoms with E-state index in [0.29, 0.717) is 18.2 Å². The van der Waals surface area contributed by atoms with Crippen LogP contribution in [-0.2, 0) is 0 Å². The average Bonchev–Trinajstić information content (AvgIpc) is 2.36. The molecule has 0 aliphatic carbocycles. The van der Waals surface area contributed by atoms with Crippen LogP contribution in [0.2, 0.25) is 0 Å². The molecule has 0 aliphatic heterocycles. The van der Waals surface area contributed by atoms with Crippen LogP contribution in [0.3, 0.4) is 0 Å². The third kappa shape index (κ3) is 4.45. The Balaban J connectivity index is 2.47. The third-order valence-corrected chi connectivity index (χ3v) is 2.70. The molecule has 2 amide bonds. The number of rotatable bonds is 5. The van der Waals surface area contributed by atoms with E-state index in [0.717, 1.165) is 6.42 Å². The molecule has 1 aromatic carbocycles. The number of carbonyl (C=O) groups excluding carboxylic acids is 1. The number of benzene rings is 1. The van der Waals surface area contributed by atoms with Crippen molar-refractivity contribution in [1.29, 1.82) is 0 Å². The highest BCUT2D eigenvalue weighted by molar-refractivity contribution is 5.91. The largest absolute Gasteiger partial charge is 0.478 e. The summed E-state index contributed by atoms with van der Waals surface area (Å²) in [5.74, 6) is -0.548. The van der Waals surface area contributed by atoms with Gasteiger partial charge in [0.2, 0.25) is 0 Å². The van der Waals surface area contributed by atoms with Crippen LogP contribution in [-0.4, -0.2) is 23.7 Å². The van der Waals surface area contributed by atoms with Crippen molar-refractivity contribution in [3.63, 3.8) is 0 Å². The summed E-state index contributed by atoms with van der Waals surface area (Å²) in [6.45, 7) is 4.74. The maximum Gasteiger partial charge on any atom is 0.335 e. The van der Waals surface area contributed by atoms with Crippen LogP contribution in [0.1, 0.15) is 30.6 Å². The molecule has 5 heteroatoms. The number of aromatic carboxylic acids is 1. The van der Waals surface area contributed by atoms with E-state index in [1.165, 1.54) is 12.1 Å². The van der Waals surface area contributed by atoms with Crippen molar-refractivity contribution in [2.45, 2.75) is 20.3 Å². The Bertz CT molecular complexity index is 415. The zero-order valence-electron chi connectivity index (χ0n) is 10.6. The van der Waals surface area contributed by atoms with E-state index in [1.54, 1.807) is 12.1 Å². The predicted molar refractivity (Wildman–Crippen MR) is 69.9 cm³/mol. The second kappa shape index (κ2) is 6.64. The van der Waals surface area contributed by atoms with Gasteiger partial charge in [0.05, 0.1) is 5.56 Å². The highest BCUT2D eigenvalue weighted by Crippen LogP contribution is 2.09. The molecular formula is C13H18N2O3. The van der Waals surface area contributed by atoms with Crippen molar-refractivity contribution in [2.24, 2.45) is 5.92 Å². The minimum Gasteiger partial charge on any atom is -0.478 e. The van der Waals surface area contributed by atoms with Crippen LogP contribution in [0.5, 0.6) is 0 Å². The predicted octanol–water partition coefficient (Wildman–Crippen LogP) is 2.55. The molecule has 98 valence electrons. The van der Waals surface area contributed by atoms with Gasteiger partial charge in [-0.05, 0) is 30.2 Å². The number of carbonyl (C=O) groups is 2. The van der Waals surface area contributed by atoms with Gasteiger partial charge < -0.3 is 15.7 Å². The minimum absolute atomic E-state index is 0.195. The molecule has 5 nitrogen and oxygen atoms in total. The monoisotopic (exact) mass is 250 g/mol. The molecule has 0 radical (unpaired) electrons. The third-order valence-electron chi connectivity index (χ3n) is 2.70. The Labute approximate surface area is 106 Å². The maximum absolute atomic E-state index is 11.5. The lowest BCUT2D eigenvalue weighted by Crippen LogP contribution is -2.32. The number of nitrogens with one attached hydrogen (secondary N) is 2. The van der Waals surface area contributed by atoms with Crippen LogP contribution in [0.15, 0.2) is 24.3 Å². The quantitative estimate of drug-likeness (QED) is 0.751. The highest BCUT2D eigenvalue weighted by Gasteiger charge is 2.05. The maximum atomic E-state index is 11.5. The number of carboxylic acids is 1. The first-order valence-electron chi connectivity index (χ1n) is 5.91. The molecule has 0 spiro atoms. The normalized spacial score (nSPS) is 11.7. The Morgan fingerprint density at radius 2 is 1.89 bits per heavy atom. The van der Waals surface area contributed by atoms with E-state index in [-0.39, 0.29) is 11.6 Å². The topological polar surface area (TPSA) is 78.4 Å². The molecule has 0 aromatic heterocycles. The first-order chi connectivity index (χ1) is 8.52. The number of hydrogen-bond donors (Lipinski definition) is 3. The lowest BCUT2D eigenvalue weighted by Gasteiger charge is -2.11. The summed E-state index contributed by atoms with van der Waals surface area (Å²) in [5.41, 5.74) is 0.766. The Morgan fingerprint density at radius 3 is 2.39 bits per heavy atom. The van der Waals surface area contributed by atoms with Crippen molar-refractivity contribution in [3.05, 3.63) is 29.8 Å². The van der Waals surface area contributed by atoms with E-state index < -0.39 is 5.97 Å². The minimum atomic E-state index is -0.984. The van der Waals surface area contributed by atoms with Gasteiger partial charge in [-0.3, -0.25) is 0 Å². The summed E-state index contributed by atoms with van der Waals surface area (Å²) in [7, 11) is 0. The molecule has 1 aromatic rings. The molecule has 1 atom stereocenters. The SMILES string of the molecule is CCC(C)CNC(=O)Nc1ccc(C(=O)O)cc1. The number of amides is 2. The van der Waals surface area contributed by atoms with E-state index in [4.69, 9.17) is 5.11 Å². The van der Waals surface area contributed by atoms with Gasteiger partial charge in [0.25, 0.3) is 0 Å². The standard InChI is InChI=1S/C13H18N2O3/c1-3-9(2)8-14-13(18)15-11-6-4-10(5-7-11)12(16)17/h4-7,9H,3,8H2,1-2H3,(H,16,17)(H2,14,15,18). The van der Waals surface area contributed by atoms with Gasteiger partial charge in [0.1, 0.15) is 0 Å². The zero-order chi connectivity index (χ0) is 13.5. The molecule has 0 aliphatic rings. The molecule has 18 heavy (non-hydrogen) atoms. The van der Waals surface area contributed by atoms with Crippen molar-refractivity contribution in [1.82, 2.24) is 5.32 Å². The van der Waals surface area contributed by atoms with Gasteiger partial charge >= 0.3 is 12.0 Å². The fourth-order valence-electron chi connectivity index (χ4n) is 1.28. The first kappa shape index (κ1) is 14.0. The fourth-order valence-corrected chi connectivity index (χ4v) is 1.28. The summed E-state index contributed by atoms with van der Waals surface area (Å²) >= 11 is 0. The lowest BCUT2D eigenvalue weighted by atomic mass is 10.1. The number of hydrogen-bond acceptors (Lipinski definition) is 2. The molecule has 3 N–H and O–H groups in total. The smallest absolute Gasteiger partial charge is 0.335 e. The van der Waals surface area contributed by atoms with Gasteiger partial charge in [-0.1, -0.05) is 20.3 Å². The molecule has 1 rings (SSSR count).